The summed E-state index contributed by atoms with van der Waals surface area (Å²) < 4.78 is 7.19. The summed E-state index contributed by atoms with van der Waals surface area (Å²) in [4.78, 5) is 24.9. The summed E-state index contributed by atoms with van der Waals surface area (Å²) in [5, 5.41) is 14.8. The van der Waals surface area contributed by atoms with Crippen LogP contribution in [0.25, 0.3) is 0 Å². The molecule has 168 valence electrons. The average Bonchev–Trinajstić information content (AvgIpc) is 3.14. The zero-order chi connectivity index (χ0) is 23.1. The number of carbonyl (C=O) groups is 2. The topological polar surface area (TPSA) is 98.1 Å². The van der Waals surface area contributed by atoms with Crippen LogP contribution in [0.2, 0.25) is 0 Å². The Labute approximate surface area is 191 Å². The molecule has 2 N–H and O–H groups in total. The van der Waals surface area contributed by atoms with Crippen molar-refractivity contribution in [1.82, 2.24) is 20.1 Å². The molecular weight excluding hydrogens is 426 g/mol. The number of ether oxygens (including phenoxy) is 1. The van der Waals surface area contributed by atoms with Crippen LogP contribution in [0.4, 0.5) is 5.69 Å². The smallest absolute Gasteiger partial charge is 0.252 e. The molecule has 2 amide bonds. The molecular formula is C23H27N5O3S. The van der Waals surface area contributed by atoms with Crippen molar-refractivity contribution in [2.24, 2.45) is 7.05 Å². The van der Waals surface area contributed by atoms with Crippen LogP contribution in [0, 0.1) is 6.92 Å². The largest absolute Gasteiger partial charge is 0.494 e. The third-order valence-corrected chi connectivity index (χ3v) is 5.79. The van der Waals surface area contributed by atoms with Gasteiger partial charge < -0.3 is 19.9 Å². The Morgan fingerprint density at radius 3 is 2.53 bits per heavy atom. The fourth-order valence-corrected chi connectivity index (χ4v) is 3.84. The highest BCUT2D eigenvalue weighted by molar-refractivity contribution is 7.99. The molecule has 2 aromatic carbocycles. The van der Waals surface area contributed by atoms with E-state index in [2.05, 4.69) is 20.8 Å². The normalized spacial score (nSPS) is 11.6. The lowest BCUT2D eigenvalue weighted by molar-refractivity contribution is -0.113. The summed E-state index contributed by atoms with van der Waals surface area (Å²) >= 11 is 1.28. The number of rotatable bonds is 9. The Hall–Kier alpha value is -3.33. The number of aromatic nitrogens is 3. The molecule has 0 spiro atoms. The van der Waals surface area contributed by atoms with E-state index >= 15 is 0 Å². The van der Waals surface area contributed by atoms with Gasteiger partial charge >= 0.3 is 0 Å². The fourth-order valence-electron chi connectivity index (χ4n) is 3.12. The zero-order valence-electron chi connectivity index (χ0n) is 18.6. The van der Waals surface area contributed by atoms with Gasteiger partial charge in [-0.25, -0.2) is 0 Å². The number of hydrogen-bond donors (Lipinski definition) is 2. The molecule has 3 rings (SSSR count). The summed E-state index contributed by atoms with van der Waals surface area (Å²) in [7, 11) is 1.82. The van der Waals surface area contributed by atoms with Crippen molar-refractivity contribution >= 4 is 29.3 Å². The number of hydrogen-bond acceptors (Lipinski definition) is 6. The van der Waals surface area contributed by atoms with E-state index in [0.29, 0.717) is 28.8 Å². The Balaban J connectivity index is 1.55. The molecule has 1 atom stereocenters. The third kappa shape index (κ3) is 5.88. The molecule has 0 bridgehead atoms. The molecule has 0 aliphatic rings. The average molecular weight is 454 g/mol. The lowest BCUT2D eigenvalue weighted by Crippen LogP contribution is -2.29. The summed E-state index contributed by atoms with van der Waals surface area (Å²) in [6.07, 6.45) is 0. The standard InChI is InChI=1S/C23H27N5O3S/c1-5-31-18-12-10-17(11-13-18)25-20(29)14-32-23-27-26-21(28(23)4)16(3)24-22(30)19-9-7-6-8-15(19)2/h6-13,16H,5,14H2,1-4H3,(H,24,30)(H,25,29)/t16-/m0/s1. The van der Waals surface area contributed by atoms with Gasteiger partial charge in [0.1, 0.15) is 5.75 Å². The maximum Gasteiger partial charge on any atom is 0.252 e. The maximum atomic E-state index is 12.6. The van der Waals surface area contributed by atoms with Crippen LogP contribution in [-0.2, 0) is 11.8 Å². The minimum Gasteiger partial charge on any atom is -0.494 e. The van der Waals surface area contributed by atoms with Crippen molar-refractivity contribution < 1.29 is 14.3 Å². The zero-order valence-corrected chi connectivity index (χ0v) is 19.4. The van der Waals surface area contributed by atoms with E-state index in [9.17, 15) is 9.59 Å². The van der Waals surface area contributed by atoms with Crippen LogP contribution >= 0.6 is 11.8 Å². The van der Waals surface area contributed by atoms with E-state index in [1.165, 1.54) is 11.8 Å². The Kier molecular flexibility index (Phi) is 7.88. The number of benzene rings is 2. The molecule has 0 fully saturated rings. The van der Waals surface area contributed by atoms with E-state index in [1.54, 1.807) is 22.8 Å². The van der Waals surface area contributed by atoms with Crippen molar-refractivity contribution in [2.45, 2.75) is 32.0 Å². The van der Waals surface area contributed by atoms with Gasteiger partial charge in [0.05, 0.1) is 18.4 Å². The molecule has 32 heavy (non-hydrogen) atoms. The van der Waals surface area contributed by atoms with Crippen LogP contribution in [0.3, 0.4) is 0 Å². The van der Waals surface area contributed by atoms with Crippen molar-refractivity contribution in [3.63, 3.8) is 0 Å². The second kappa shape index (κ2) is 10.8. The van der Waals surface area contributed by atoms with Gasteiger partial charge in [-0.3, -0.25) is 9.59 Å². The second-order valence-corrected chi connectivity index (χ2v) is 8.15. The summed E-state index contributed by atoms with van der Waals surface area (Å²) in [6, 6.07) is 14.3. The van der Waals surface area contributed by atoms with Crippen LogP contribution in [0.5, 0.6) is 5.75 Å². The molecule has 0 unspecified atom stereocenters. The van der Waals surface area contributed by atoms with E-state index in [0.717, 1.165) is 11.3 Å². The SMILES string of the molecule is CCOc1ccc(NC(=O)CSc2nnc([C@H](C)NC(=O)c3ccccc3C)n2C)cc1. The molecule has 0 saturated carbocycles. The van der Waals surface area contributed by atoms with Crippen LogP contribution in [0.1, 0.15) is 41.6 Å². The van der Waals surface area contributed by atoms with E-state index in [-0.39, 0.29) is 23.6 Å². The van der Waals surface area contributed by atoms with Crippen LogP contribution in [-0.4, -0.2) is 38.9 Å². The Morgan fingerprint density at radius 1 is 1.12 bits per heavy atom. The maximum absolute atomic E-state index is 12.6. The number of thioether (sulfide) groups is 1. The molecule has 3 aromatic rings. The first kappa shape index (κ1) is 23.3. The predicted molar refractivity (Wildman–Crippen MR) is 125 cm³/mol. The molecule has 0 saturated heterocycles. The first-order valence-electron chi connectivity index (χ1n) is 10.3. The first-order valence-corrected chi connectivity index (χ1v) is 11.3. The monoisotopic (exact) mass is 453 g/mol. The van der Waals surface area contributed by atoms with Gasteiger partial charge in [0.25, 0.3) is 5.91 Å². The summed E-state index contributed by atoms with van der Waals surface area (Å²) in [6.45, 7) is 6.27. The minimum atomic E-state index is -0.341. The molecule has 0 aliphatic heterocycles. The highest BCUT2D eigenvalue weighted by atomic mass is 32.2. The van der Waals surface area contributed by atoms with Gasteiger partial charge in [0, 0.05) is 18.3 Å². The van der Waals surface area contributed by atoms with Gasteiger partial charge in [-0.2, -0.15) is 0 Å². The Morgan fingerprint density at radius 2 is 1.84 bits per heavy atom. The number of amides is 2. The van der Waals surface area contributed by atoms with Gasteiger partial charge in [-0.15, -0.1) is 10.2 Å². The predicted octanol–water partition coefficient (Wildman–Crippen LogP) is 3.74. The molecule has 1 heterocycles. The molecule has 8 nitrogen and oxygen atoms in total. The summed E-state index contributed by atoms with van der Waals surface area (Å²) in [5.74, 6) is 1.24. The minimum absolute atomic E-state index is 0.149. The number of anilines is 1. The second-order valence-electron chi connectivity index (χ2n) is 7.20. The fraction of sp³-hybridized carbons (Fsp3) is 0.304. The van der Waals surface area contributed by atoms with Crippen molar-refractivity contribution in [1.29, 1.82) is 0 Å². The first-order chi connectivity index (χ1) is 15.4. The van der Waals surface area contributed by atoms with Gasteiger partial charge in [0.2, 0.25) is 5.91 Å². The van der Waals surface area contributed by atoms with Gasteiger partial charge in [-0.05, 0) is 56.7 Å². The van der Waals surface area contributed by atoms with E-state index < -0.39 is 0 Å². The highest BCUT2D eigenvalue weighted by Gasteiger charge is 2.19. The Bertz CT molecular complexity index is 1080. The molecule has 0 radical (unpaired) electrons. The van der Waals surface area contributed by atoms with Crippen LogP contribution in [0.15, 0.2) is 53.7 Å². The number of aryl methyl sites for hydroxylation is 1. The lowest BCUT2D eigenvalue weighted by atomic mass is 10.1. The molecule has 0 aliphatic carbocycles. The number of nitrogens with one attached hydrogen (secondary N) is 2. The van der Waals surface area contributed by atoms with E-state index in [1.807, 2.05) is 58.2 Å². The highest BCUT2D eigenvalue weighted by Crippen LogP contribution is 2.21. The van der Waals surface area contributed by atoms with Crippen LogP contribution < -0.4 is 15.4 Å². The lowest BCUT2D eigenvalue weighted by Gasteiger charge is -2.14. The summed E-state index contributed by atoms with van der Waals surface area (Å²) in [5.41, 5.74) is 2.23. The van der Waals surface area contributed by atoms with Crippen molar-refractivity contribution in [2.75, 3.05) is 17.7 Å². The van der Waals surface area contributed by atoms with Gasteiger partial charge in [0.15, 0.2) is 11.0 Å². The number of carbonyl (C=O) groups excluding carboxylic acids is 2. The third-order valence-electron chi connectivity index (χ3n) is 4.77. The van der Waals surface area contributed by atoms with E-state index in [4.69, 9.17) is 4.74 Å². The number of nitrogens with zero attached hydrogens (tertiary/aromatic N) is 3. The van der Waals surface area contributed by atoms with Crippen molar-refractivity contribution in [3.8, 4) is 5.75 Å². The quantitative estimate of drug-likeness (QED) is 0.479. The van der Waals surface area contributed by atoms with Crippen molar-refractivity contribution in [3.05, 3.63) is 65.5 Å². The molecule has 1 aromatic heterocycles. The molecule has 9 heteroatoms. The van der Waals surface area contributed by atoms with Gasteiger partial charge in [-0.1, -0.05) is 30.0 Å².